The van der Waals surface area contributed by atoms with Gasteiger partial charge in [0.2, 0.25) is 0 Å². The lowest BCUT2D eigenvalue weighted by Gasteiger charge is -2.11. The number of rotatable bonds is 5. The van der Waals surface area contributed by atoms with Crippen molar-refractivity contribution in [3.8, 4) is 5.75 Å². The second-order valence-corrected chi connectivity index (χ2v) is 4.79. The molecule has 0 unspecified atom stereocenters. The highest BCUT2D eigenvalue weighted by molar-refractivity contribution is 9.10. The third-order valence-corrected chi connectivity index (χ3v) is 3.08. The summed E-state index contributed by atoms with van der Waals surface area (Å²) in [5.41, 5.74) is 6.56. The number of aromatic nitrogens is 2. The summed E-state index contributed by atoms with van der Waals surface area (Å²) < 4.78 is 6.33. The Morgan fingerprint density at radius 1 is 1.37 bits per heavy atom. The summed E-state index contributed by atoms with van der Waals surface area (Å²) >= 11 is 3.45. The molecule has 1 aromatic carbocycles. The minimum Gasteiger partial charge on any atom is -0.496 e. The second-order valence-electron chi connectivity index (χ2n) is 3.87. The van der Waals surface area contributed by atoms with Crippen molar-refractivity contribution < 1.29 is 4.74 Å². The van der Waals surface area contributed by atoms with Crippen molar-refractivity contribution in [1.82, 2.24) is 9.97 Å². The lowest BCUT2D eigenvalue weighted by molar-refractivity contribution is 0.410. The van der Waals surface area contributed by atoms with Crippen molar-refractivity contribution >= 4 is 21.7 Å². The number of ether oxygens (including phenoxy) is 1. The Balaban J connectivity index is 2.11. The van der Waals surface area contributed by atoms with Crippen LogP contribution in [0.4, 0.5) is 5.82 Å². The van der Waals surface area contributed by atoms with Gasteiger partial charge in [0.25, 0.3) is 0 Å². The molecule has 0 fully saturated rings. The highest BCUT2D eigenvalue weighted by atomic mass is 79.9. The molecule has 6 heteroatoms. The van der Waals surface area contributed by atoms with Gasteiger partial charge in [-0.25, -0.2) is 9.97 Å². The summed E-state index contributed by atoms with van der Waals surface area (Å²) in [5, 5.41) is 3.23. The Bertz CT molecular complexity index is 562. The molecule has 2 rings (SSSR count). The molecule has 0 aliphatic rings. The molecular weight excluding hydrogens is 308 g/mol. The average molecular weight is 323 g/mol. The van der Waals surface area contributed by atoms with E-state index in [1.807, 2.05) is 24.3 Å². The fraction of sp³-hybridized carbons (Fsp3) is 0.231. The smallest absolute Gasteiger partial charge is 0.144 e. The fourth-order valence-corrected chi connectivity index (χ4v) is 2.08. The van der Waals surface area contributed by atoms with Crippen LogP contribution in [0.3, 0.4) is 0 Å². The van der Waals surface area contributed by atoms with Gasteiger partial charge in [-0.1, -0.05) is 15.9 Å². The second kappa shape index (κ2) is 6.49. The summed E-state index contributed by atoms with van der Waals surface area (Å²) in [6, 6.07) is 7.69. The van der Waals surface area contributed by atoms with Gasteiger partial charge in [-0.2, -0.15) is 0 Å². The zero-order valence-corrected chi connectivity index (χ0v) is 12.1. The lowest BCUT2D eigenvalue weighted by Crippen LogP contribution is -2.07. The van der Waals surface area contributed by atoms with Crippen LogP contribution in [0.15, 0.2) is 34.9 Å². The fourth-order valence-electron chi connectivity index (χ4n) is 1.67. The van der Waals surface area contributed by atoms with E-state index in [4.69, 9.17) is 10.5 Å². The van der Waals surface area contributed by atoms with Crippen LogP contribution in [0.2, 0.25) is 0 Å². The number of anilines is 1. The molecule has 1 heterocycles. The zero-order valence-electron chi connectivity index (χ0n) is 10.6. The topological polar surface area (TPSA) is 73.1 Å². The normalized spacial score (nSPS) is 10.3. The van der Waals surface area contributed by atoms with Gasteiger partial charge in [0, 0.05) is 22.8 Å². The van der Waals surface area contributed by atoms with Crippen LogP contribution in [-0.4, -0.2) is 17.1 Å². The van der Waals surface area contributed by atoms with Gasteiger partial charge in [0.05, 0.1) is 13.7 Å². The Labute approximate surface area is 120 Å². The van der Waals surface area contributed by atoms with Crippen LogP contribution in [0.5, 0.6) is 5.75 Å². The van der Waals surface area contributed by atoms with Crippen LogP contribution >= 0.6 is 15.9 Å². The number of nitrogens with one attached hydrogen (secondary N) is 1. The summed E-state index contributed by atoms with van der Waals surface area (Å²) in [6.45, 7) is 0.944. The maximum atomic E-state index is 5.51. The van der Waals surface area contributed by atoms with Crippen LogP contribution in [0.25, 0.3) is 0 Å². The maximum absolute atomic E-state index is 5.51. The molecule has 0 atom stereocenters. The molecule has 1 aromatic heterocycles. The van der Waals surface area contributed by atoms with E-state index in [-0.39, 0.29) is 0 Å². The molecule has 0 radical (unpaired) electrons. The predicted molar refractivity (Wildman–Crippen MR) is 77.9 cm³/mol. The number of benzene rings is 1. The van der Waals surface area contributed by atoms with E-state index in [9.17, 15) is 0 Å². The molecule has 3 N–H and O–H groups in total. The highest BCUT2D eigenvalue weighted by Gasteiger charge is 2.04. The molecular formula is C13H15BrN4O. The number of methoxy groups -OCH3 is 1. The quantitative estimate of drug-likeness (QED) is 0.883. The van der Waals surface area contributed by atoms with E-state index in [2.05, 4.69) is 31.2 Å². The molecule has 0 bridgehead atoms. The first-order valence-corrected chi connectivity index (χ1v) is 6.60. The SMILES string of the molecule is COc1ccc(Br)cc1CNc1ccnc(CN)n1. The van der Waals surface area contributed by atoms with Crippen LogP contribution in [0, 0.1) is 0 Å². The van der Waals surface area contributed by atoms with E-state index < -0.39 is 0 Å². The molecule has 0 saturated heterocycles. The number of hydrogen-bond donors (Lipinski definition) is 2. The molecule has 0 amide bonds. The third-order valence-electron chi connectivity index (χ3n) is 2.59. The number of halogens is 1. The van der Waals surface area contributed by atoms with Crippen molar-refractivity contribution in [2.75, 3.05) is 12.4 Å². The van der Waals surface area contributed by atoms with Crippen LogP contribution in [0.1, 0.15) is 11.4 Å². The largest absolute Gasteiger partial charge is 0.496 e. The molecule has 0 aliphatic carbocycles. The van der Waals surface area contributed by atoms with Gasteiger partial charge in [-0.05, 0) is 24.3 Å². The van der Waals surface area contributed by atoms with E-state index in [0.29, 0.717) is 18.9 Å². The van der Waals surface area contributed by atoms with E-state index in [0.717, 1.165) is 21.6 Å². The zero-order chi connectivity index (χ0) is 13.7. The van der Waals surface area contributed by atoms with Crippen molar-refractivity contribution in [3.63, 3.8) is 0 Å². The van der Waals surface area contributed by atoms with Crippen molar-refractivity contribution in [2.24, 2.45) is 5.73 Å². The Morgan fingerprint density at radius 3 is 2.95 bits per heavy atom. The monoisotopic (exact) mass is 322 g/mol. The Kier molecular flexibility index (Phi) is 4.70. The van der Waals surface area contributed by atoms with E-state index in [1.54, 1.807) is 13.3 Å². The third kappa shape index (κ3) is 3.65. The first-order valence-electron chi connectivity index (χ1n) is 5.81. The molecule has 0 spiro atoms. The van der Waals surface area contributed by atoms with E-state index >= 15 is 0 Å². The molecule has 19 heavy (non-hydrogen) atoms. The number of nitrogens with two attached hydrogens (primary N) is 1. The van der Waals surface area contributed by atoms with Gasteiger partial charge in [-0.3, -0.25) is 0 Å². The number of hydrogen-bond acceptors (Lipinski definition) is 5. The summed E-state index contributed by atoms with van der Waals surface area (Å²) in [5.74, 6) is 2.20. The van der Waals surface area contributed by atoms with Gasteiger partial charge >= 0.3 is 0 Å². The first kappa shape index (κ1) is 13.8. The molecule has 100 valence electrons. The molecule has 5 nitrogen and oxygen atoms in total. The van der Waals surface area contributed by atoms with Gasteiger partial charge in [0.1, 0.15) is 17.4 Å². The maximum Gasteiger partial charge on any atom is 0.144 e. The van der Waals surface area contributed by atoms with Gasteiger partial charge in [-0.15, -0.1) is 0 Å². The summed E-state index contributed by atoms with van der Waals surface area (Å²) in [7, 11) is 1.66. The standard InChI is InChI=1S/C13H15BrN4O/c1-19-11-3-2-10(14)6-9(11)8-17-12-4-5-16-13(7-15)18-12/h2-6H,7-8,15H2,1H3,(H,16,17,18). The Morgan fingerprint density at radius 2 is 2.21 bits per heavy atom. The van der Waals surface area contributed by atoms with E-state index in [1.165, 1.54) is 0 Å². The lowest BCUT2D eigenvalue weighted by atomic mass is 10.2. The minimum atomic E-state index is 0.329. The van der Waals surface area contributed by atoms with Crippen molar-refractivity contribution in [1.29, 1.82) is 0 Å². The Hall–Kier alpha value is -1.66. The van der Waals surface area contributed by atoms with Crippen molar-refractivity contribution in [2.45, 2.75) is 13.1 Å². The van der Waals surface area contributed by atoms with Gasteiger partial charge < -0.3 is 15.8 Å². The van der Waals surface area contributed by atoms with Gasteiger partial charge in [0.15, 0.2) is 0 Å². The first-order chi connectivity index (χ1) is 9.22. The summed E-state index contributed by atoms with van der Waals surface area (Å²) in [4.78, 5) is 8.34. The van der Waals surface area contributed by atoms with Crippen molar-refractivity contribution in [3.05, 3.63) is 46.3 Å². The predicted octanol–water partition coefficient (Wildman–Crippen LogP) is 2.32. The molecule has 0 saturated carbocycles. The molecule has 2 aromatic rings. The highest BCUT2D eigenvalue weighted by Crippen LogP contribution is 2.23. The average Bonchev–Trinajstić information content (AvgIpc) is 2.45. The van der Waals surface area contributed by atoms with Crippen LogP contribution in [-0.2, 0) is 13.1 Å². The minimum absolute atomic E-state index is 0.329. The summed E-state index contributed by atoms with van der Waals surface area (Å²) in [6.07, 6.45) is 1.69. The number of nitrogens with zero attached hydrogens (tertiary/aromatic N) is 2. The molecule has 0 aliphatic heterocycles. The van der Waals surface area contributed by atoms with Crippen LogP contribution < -0.4 is 15.8 Å².